The molecule has 0 atom stereocenters. The Balaban J connectivity index is 1.92. The molecule has 0 aromatic heterocycles. The van der Waals surface area contributed by atoms with E-state index in [0.29, 0.717) is 23.6 Å². The van der Waals surface area contributed by atoms with Gasteiger partial charge in [0.2, 0.25) is 5.91 Å². The van der Waals surface area contributed by atoms with Gasteiger partial charge in [-0.1, -0.05) is 12.1 Å². The number of amides is 1. The van der Waals surface area contributed by atoms with Crippen LogP contribution in [0.5, 0.6) is 0 Å². The minimum absolute atomic E-state index is 0.0228. The van der Waals surface area contributed by atoms with Gasteiger partial charge in [-0.15, -0.1) is 0 Å². The van der Waals surface area contributed by atoms with Gasteiger partial charge in [-0.05, 0) is 42.4 Å². The summed E-state index contributed by atoms with van der Waals surface area (Å²) in [5.41, 5.74) is 1.14. The standard InChI is InChI=1S/C14H16N2OS/c15-10-12-3-1-2-4-13(12)16-14(17)9-11-5-7-18-8-6-11/h1-4,11H,5-9H2,(H,16,17). The summed E-state index contributed by atoms with van der Waals surface area (Å²) in [6.45, 7) is 0. The SMILES string of the molecule is N#Cc1ccccc1NC(=O)CC1CCSCC1. The van der Waals surface area contributed by atoms with Crippen molar-refractivity contribution in [3.05, 3.63) is 29.8 Å². The van der Waals surface area contributed by atoms with Gasteiger partial charge >= 0.3 is 0 Å². The number of nitrogens with one attached hydrogen (secondary N) is 1. The summed E-state index contributed by atoms with van der Waals surface area (Å²) in [5, 5.41) is 11.8. The second kappa shape index (κ2) is 6.46. The predicted octanol–water partition coefficient (Wildman–Crippen LogP) is 3.03. The average Bonchev–Trinajstić information content (AvgIpc) is 2.40. The summed E-state index contributed by atoms with van der Waals surface area (Å²) >= 11 is 1.96. The second-order valence-electron chi connectivity index (χ2n) is 4.47. The van der Waals surface area contributed by atoms with E-state index in [2.05, 4.69) is 11.4 Å². The topological polar surface area (TPSA) is 52.9 Å². The molecule has 0 saturated carbocycles. The van der Waals surface area contributed by atoms with E-state index in [1.807, 2.05) is 17.8 Å². The average molecular weight is 260 g/mol. The van der Waals surface area contributed by atoms with Gasteiger partial charge in [-0.2, -0.15) is 17.0 Å². The minimum atomic E-state index is 0.0228. The molecule has 1 aliphatic rings. The van der Waals surface area contributed by atoms with Crippen molar-refractivity contribution < 1.29 is 4.79 Å². The van der Waals surface area contributed by atoms with Crippen LogP contribution in [0.3, 0.4) is 0 Å². The van der Waals surface area contributed by atoms with Gasteiger partial charge in [-0.25, -0.2) is 0 Å². The van der Waals surface area contributed by atoms with E-state index >= 15 is 0 Å². The molecule has 1 fully saturated rings. The van der Waals surface area contributed by atoms with E-state index in [-0.39, 0.29) is 5.91 Å². The van der Waals surface area contributed by atoms with Crippen LogP contribution in [0.2, 0.25) is 0 Å². The van der Waals surface area contributed by atoms with Crippen molar-refractivity contribution in [3.63, 3.8) is 0 Å². The molecule has 1 aliphatic heterocycles. The highest BCUT2D eigenvalue weighted by molar-refractivity contribution is 7.99. The van der Waals surface area contributed by atoms with Crippen molar-refractivity contribution in [2.24, 2.45) is 5.92 Å². The number of thioether (sulfide) groups is 1. The van der Waals surface area contributed by atoms with E-state index in [1.54, 1.807) is 18.2 Å². The minimum Gasteiger partial charge on any atom is -0.325 e. The first kappa shape index (κ1) is 13.0. The lowest BCUT2D eigenvalue weighted by atomic mass is 9.98. The molecular weight excluding hydrogens is 244 g/mol. The molecule has 0 spiro atoms. The van der Waals surface area contributed by atoms with Crippen LogP contribution in [0.1, 0.15) is 24.8 Å². The van der Waals surface area contributed by atoms with Gasteiger partial charge in [0.25, 0.3) is 0 Å². The van der Waals surface area contributed by atoms with E-state index in [9.17, 15) is 4.79 Å². The Bertz CT molecular complexity index is 461. The van der Waals surface area contributed by atoms with Crippen LogP contribution in [0.15, 0.2) is 24.3 Å². The maximum atomic E-state index is 11.9. The van der Waals surface area contributed by atoms with Crippen LogP contribution in [-0.2, 0) is 4.79 Å². The van der Waals surface area contributed by atoms with Crippen LogP contribution in [-0.4, -0.2) is 17.4 Å². The summed E-state index contributed by atoms with van der Waals surface area (Å²) < 4.78 is 0. The zero-order valence-electron chi connectivity index (χ0n) is 10.2. The molecule has 1 amide bonds. The molecule has 1 aromatic carbocycles. The maximum Gasteiger partial charge on any atom is 0.224 e. The molecule has 18 heavy (non-hydrogen) atoms. The molecule has 0 unspecified atom stereocenters. The molecule has 1 N–H and O–H groups in total. The zero-order valence-corrected chi connectivity index (χ0v) is 11.0. The third-order valence-corrected chi connectivity index (χ3v) is 4.19. The normalized spacial score (nSPS) is 15.9. The zero-order chi connectivity index (χ0) is 12.8. The number of nitriles is 1. The molecule has 3 nitrogen and oxygen atoms in total. The molecular formula is C14H16N2OS. The largest absolute Gasteiger partial charge is 0.325 e. The summed E-state index contributed by atoms with van der Waals surface area (Å²) in [5.74, 6) is 2.84. The number of anilines is 1. The second-order valence-corrected chi connectivity index (χ2v) is 5.69. The maximum absolute atomic E-state index is 11.9. The van der Waals surface area contributed by atoms with Gasteiger partial charge in [0.05, 0.1) is 11.3 Å². The Kier molecular flexibility index (Phi) is 4.66. The Morgan fingerprint density at radius 3 is 2.83 bits per heavy atom. The first-order valence-corrected chi connectivity index (χ1v) is 7.32. The van der Waals surface area contributed by atoms with Crippen LogP contribution < -0.4 is 5.32 Å². The van der Waals surface area contributed by atoms with Gasteiger partial charge in [0, 0.05) is 6.42 Å². The fraction of sp³-hybridized carbons (Fsp3) is 0.429. The fourth-order valence-electron chi connectivity index (χ4n) is 2.10. The van der Waals surface area contributed by atoms with Gasteiger partial charge < -0.3 is 5.32 Å². The molecule has 1 heterocycles. The van der Waals surface area contributed by atoms with Crippen molar-refractivity contribution in [2.45, 2.75) is 19.3 Å². The Morgan fingerprint density at radius 1 is 1.39 bits per heavy atom. The number of para-hydroxylation sites is 1. The monoisotopic (exact) mass is 260 g/mol. The van der Waals surface area contributed by atoms with Gasteiger partial charge in [-0.3, -0.25) is 4.79 Å². The van der Waals surface area contributed by atoms with Crippen LogP contribution in [0, 0.1) is 17.2 Å². The fourth-order valence-corrected chi connectivity index (χ4v) is 3.31. The third-order valence-electron chi connectivity index (χ3n) is 3.14. The Morgan fingerprint density at radius 2 is 2.11 bits per heavy atom. The highest BCUT2D eigenvalue weighted by Crippen LogP contribution is 2.25. The van der Waals surface area contributed by atoms with Crippen LogP contribution in [0.25, 0.3) is 0 Å². The van der Waals surface area contributed by atoms with Crippen molar-refractivity contribution in [3.8, 4) is 6.07 Å². The van der Waals surface area contributed by atoms with Gasteiger partial charge in [0.15, 0.2) is 0 Å². The van der Waals surface area contributed by atoms with E-state index in [0.717, 1.165) is 24.3 Å². The first-order chi connectivity index (χ1) is 8.79. The molecule has 1 aromatic rings. The quantitative estimate of drug-likeness (QED) is 0.908. The number of carbonyl (C=O) groups excluding carboxylic acids is 1. The highest BCUT2D eigenvalue weighted by atomic mass is 32.2. The Labute approximate surface area is 112 Å². The van der Waals surface area contributed by atoms with Crippen molar-refractivity contribution in [1.29, 1.82) is 5.26 Å². The van der Waals surface area contributed by atoms with Crippen molar-refractivity contribution in [2.75, 3.05) is 16.8 Å². The van der Waals surface area contributed by atoms with Crippen molar-refractivity contribution in [1.82, 2.24) is 0 Å². The lowest BCUT2D eigenvalue weighted by Gasteiger charge is -2.20. The number of benzene rings is 1. The van der Waals surface area contributed by atoms with Gasteiger partial charge in [0.1, 0.15) is 6.07 Å². The summed E-state index contributed by atoms with van der Waals surface area (Å²) in [6, 6.07) is 9.20. The lowest BCUT2D eigenvalue weighted by molar-refractivity contribution is -0.117. The molecule has 94 valence electrons. The van der Waals surface area contributed by atoms with Crippen LogP contribution in [0.4, 0.5) is 5.69 Å². The molecule has 0 bridgehead atoms. The number of hydrogen-bond acceptors (Lipinski definition) is 3. The molecule has 1 saturated heterocycles. The summed E-state index contributed by atoms with van der Waals surface area (Å²) in [7, 11) is 0. The Hall–Kier alpha value is -1.47. The highest BCUT2D eigenvalue weighted by Gasteiger charge is 2.17. The predicted molar refractivity (Wildman–Crippen MR) is 74.5 cm³/mol. The number of rotatable bonds is 3. The number of carbonyl (C=O) groups is 1. The van der Waals surface area contributed by atoms with E-state index < -0.39 is 0 Å². The number of nitrogens with zero attached hydrogens (tertiary/aromatic N) is 1. The number of hydrogen-bond donors (Lipinski definition) is 1. The first-order valence-electron chi connectivity index (χ1n) is 6.16. The molecule has 0 radical (unpaired) electrons. The molecule has 4 heteroatoms. The van der Waals surface area contributed by atoms with Crippen LogP contribution >= 0.6 is 11.8 Å². The summed E-state index contributed by atoms with van der Waals surface area (Å²) in [6.07, 6.45) is 2.82. The molecule has 0 aliphatic carbocycles. The van der Waals surface area contributed by atoms with Crippen molar-refractivity contribution >= 4 is 23.4 Å². The smallest absolute Gasteiger partial charge is 0.224 e. The molecule has 2 rings (SSSR count). The third kappa shape index (κ3) is 3.51. The summed E-state index contributed by atoms with van der Waals surface area (Å²) in [4.78, 5) is 11.9. The van der Waals surface area contributed by atoms with E-state index in [4.69, 9.17) is 5.26 Å². The van der Waals surface area contributed by atoms with E-state index in [1.165, 1.54) is 0 Å². The lowest BCUT2D eigenvalue weighted by Crippen LogP contribution is -2.20.